The fourth-order valence-electron chi connectivity index (χ4n) is 1.43. The Bertz CT molecular complexity index is 264. The summed E-state index contributed by atoms with van der Waals surface area (Å²) in [5.74, 6) is -4.37. The average molecular weight is 204 g/mol. The lowest BCUT2D eigenvalue weighted by Gasteiger charge is -2.22. The average Bonchev–Trinajstić information content (AvgIpc) is 2.12. The molecule has 0 N–H and O–H groups in total. The molecule has 0 aliphatic heterocycles. The fourth-order valence-corrected chi connectivity index (χ4v) is 1.43. The third-order valence-electron chi connectivity index (χ3n) is 2.67. The van der Waals surface area contributed by atoms with Crippen LogP contribution in [0.15, 0.2) is 23.6 Å². The molecule has 0 aromatic carbocycles. The largest absolute Gasteiger partial charge is 0.256 e. The summed E-state index contributed by atoms with van der Waals surface area (Å²) in [6.07, 6.45) is 3.58. The van der Waals surface area contributed by atoms with Crippen LogP contribution in [0.5, 0.6) is 0 Å². The highest BCUT2D eigenvalue weighted by molar-refractivity contribution is 5.21. The highest BCUT2D eigenvalue weighted by Gasteiger charge is 2.37. The number of alkyl halides is 2. The van der Waals surface area contributed by atoms with Crippen LogP contribution in [0.25, 0.3) is 0 Å². The zero-order valence-electron chi connectivity index (χ0n) is 8.49. The fraction of sp³-hybridized carbons (Fsp3) is 0.636. The number of rotatable bonds is 0. The van der Waals surface area contributed by atoms with Crippen LogP contribution in [0, 0.1) is 5.92 Å². The van der Waals surface area contributed by atoms with Crippen molar-refractivity contribution in [2.75, 3.05) is 0 Å². The highest BCUT2D eigenvalue weighted by Crippen LogP contribution is 2.36. The summed E-state index contributed by atoms with van der Waals surface area (Å²) in [6, 6.07) is 0. The molecule has 0 nitrogen and oxygen atoms in total. The van der Waals surface area contributed by atoms with Crippen molar-refractivity contribution in [1.82, 2.24) is 0 Å². The minimum Gasteiger partial charge on any atom is -0.211 e. The van der Waals surface area contributed by atoms with E-state index in [4.69, 9.17) is 0 Å². The maximum Gasteiger partial charge on any atom is 0.256 e. The Hall–Kier alpha value is -0.730. The quantitative estimate of drug-likeness (QED) is 0.553. The van der Waals surface area contributed by atoms with E-state index in [0.717, 1.165) is 0 Å². The van der Waals surface area contributed by atoms with Gasteiger partial charge in [-0.1, -0.05) is 19.1 Å². The smallest absolute Gasteiger partial charge is 0.211 e. The van der Waals surface area contributed by atoms with E-state index < -0.39 is 24.1 Å². The number of hydrogen-bond acceptors (Lipinski definition) is 0. The van der Waals surface area contributed by atoms with Crippen molar-refractivity contribution in [1.29, 1.82) is 0 Å². The molecule has 0 aromatic rings. The summed E-state index contributed by atoms with van der Waals surface area (Å²) in [4.78, 5) is 0. The van der Waals surface area contributed by atoms with Crippen LogP contribution < -0.4 is 0 Å². The lowest BCUT2D eigenvalue weighted by molar-refractivity contribution is -0.0567. The van der Waals surface area contributed by atoms with Gasteiger partial charge in [-0.05, 0) is 25.3 Å². The zero-order chi connectivity index (χ0) is 10.8. The van der Waals surface area contributed by atoms with Gasteiger partial charge in [-0.15, -0.1) is 0 Å². The van der Waals surface area contributed by atoms with Crippen LogP contribution in [0.3, 0.4) is 0 Å². The van der Waals surface area contributed by atoms with Crippen LogP contribution in [-0.4, -0.2) is 5.92 Å². The van der Waals surface area contributed by atoms with Crippen molar-refractivity contribution < 1.29 is 13.2 Å². The lowest BCUT2D eigenvalue weighted by Crippen LogP contribution is -2.26. The van der Waals surface area contributed by atoms with Crippen LogP contribution in [-0.2, 0) is 0 Å². The van der Waals surface area contributed by atoms with Crippen LogP contribution in [0.1, 0.15) is 33.1 Å². The Kier molecular flexibility index (Phi) is 3.40. The summed E-state index contributed by atoms with van der Waals surface area (Å²) < 4.78 is 39.9. The van der Waals surface area contributed by atoms with Gasteiger partial charge in [-0.2, -0.15) is 0 Å². The first kappa shape index (κ1) is 11.3. The monoisotopic (exact) mass is 204 g/mol. The number of hydrogen-bond donors (Lipinski definition) is 0. The van der Waals surface area contributed by atoms with E-state index in [9.17, 15) is 13.2 Å². The second-order valence-electron chi connectivity index (χ2n) is 3.91. The molecule has 1 rings (SSSR count). The van der Waals surface area contributed by atoms with Crippen molar-refractivity contribution in [3.05, 3.63) is 23.6 Å². The SMILES string of the molecule is CC1=C(F)CC(F)(F)C(C)CCC=C1. The number of allylic oxidation sites excluding steroid dienone is 4. The molecule has 0 saturated heterocycles. The third-order valence-corrected chi connectivity index (χ3v) is 2.67. The topological polar surface area (TPSA) is 0 Å². The molecule has 1 aliphatic carbocycles. The molecule has 1 aliphatic rings. The molecule has 0 amide bonds. The summed E-state index contributed by atoms with van der Waals surface area (Å²) in [5.41, 5.74) is 0.318. The first-order valence-corrected chi connectivity index (χ1v) is 4.83. The van der Waals surface area contributed by atoms with Crippen molar-refractivity contribution in [3.8, 4) is 0 Å². The van der Waals surface area contributed by atoms with Crippen LogP contribution in [0.2, 0.25) is 0 Å². The van der Waals surface area contributed by atoms with Crippen LogP contribution in [0.4, 0.5) is 13.2 Å². The van der Waals surface area contributed by atoms with E-state index in [0.29, 0.717) is 18.4 Å². The van der Waals surface area contributed by atoms with E-state index in [-0.39, 0.29) is 0 Å². The van der Waals surface area contributed by atoms with Gasteiger partial charge in [0.1, 0.15) is 5.83 Å². The maximum absolute atomic E-state index is 13.3. The van der Waals surface area contributed by atoms with Gasteiger partial charge in [0, 0.05) is 5.92 Å². The Morgan fingerprint density at radius 3 is 2.71 bits per heavy atom. The molecule has 0 fully saturated rings. The Morgan fingerprint density at radius 2 is 2.07 bits per heavy atom. The van der Waals surface area contributed by atoms with E-state index in [1.165, 1.54) is 13.8 Å². The Labute approximate surface area is 82.5 Å². The highest BCUT2D eigenvalue weighted by atomic mass is 19.3. The molecular formula is C11H15F3. The Balaban J connectivity index is 2.91. The minimum atomic E-state index is -2.92. The second-order valence-corrected chi connectivity index (χ2v) is 3.91. The summed E-state index contributed by atoms with van der Waals surface area (Å²) in [5, 5.41) is 0. The van der Waals surface area contributed by atoms with E-state index in [1.807, 2.05) is 0 Å². The predicted octanol–water partition coefficient (Wildman–Crippen LogP) is 4.24. The molecule has 80 valence electrons. The van der Waals surface area contributed by atoms with E-state index in [2.05, 4.69) is 0 Å². The predicted molar refractivity (Wildman–Crippen MR) is 50.9 cm³/mol. The molecule has 0 saturated carbocycles. The van der Waals surface area contributed by atoms with Gasteiger partial charge < -0.3 is 0 Å². The van der Waals surface area contributed by atoms with E-state index in [1.54, 1.807) is 12.2 Å². The molecule has 1 atom stereocenters. The van der Waals surface area contributed by atoms with Gasteiger partial charge >= 0.3 is 0 Å². The van der Waals surface area contributed by atoms with Crippen molar-refractivity contribution in [3.63, 3.8) is 0 Å². The summed E-state index contributed by atoms with van der Waals surface area (Å²) >= 11 is 0. The van der Waals surface area contributed by atoms with Gasteiger partial charge in [0.15, 0.2) is 0 Å². The first-order valence-electron chi connectivity index (χ1n) is 4.83. The summed E-state index contributed by atoms with van der Waals surface area (Å²) in [7, 11) is 0. The van der Waals surface area contributed by atoms with Crippen molar-refractivity contribution in [2.45, 2.75) is 39.0 Å². The van der Waals surface area contributed by atoms with Gasteiger partial charge in [0.25, 0.3) is 5.92 Å². The summed E-state index contributed by atoms with van der Waals surface area (Å²) in [6.45, 7) is 3.00. The maximum atomic E-state index is 13.3. The molecule has 0 aromatic heterocycles. The first-order chi connectivity index (χ1) is 6.43. The van der Waals surface area contributed by atoms with Crippen molar-refractivity contribution in [2.24, 2.45) is 5.92 Å². The van der Waals surface area contributed by atoms with E-state index >= 15 is 0 Å². The van der Waals surface area contributed by atoms with Crippen molar-refractivity contribution >= 4 is 0 Å². The van der Waals surface area contributed by atoms with Gasteiger partial charge in [0.05, 0.1) is 6.42 Å². The molecule has 3 heteroatoms. The zero-order valence-corrected chi connectivity index (χ0v) is 8.49. The molecule has 0 radical (unpaired) electrons. The molecule has 0 heterocycles. The second kappa shape index (κ2) is 4.20. The van der Waals surface area contributed by atoms with Gasteiger partial charge in [0.2, 0.25) is 0 Å². The molecule has 0 bridgehead atoms. The van der Waals surface area contributed by atoms with Crippen LogP contribution >= 0.6 is 0 Å². The molecule has 0 spiro atoms. The standard InChI is InChI=1S/C11H15F3/c1-8-5-3-4-6-9(2)11(13,14)7-10(8)12/h3,5,9H,4,6-7H2,1-2H3. The normalized spacial score (nSPS) is 28.2. The van der Waals surface area contributed by atoms with Gasteiger partial charge in [-0.25, -0.2) is 13.2 Å². The molecule has 14 heavy (non-hydrogen) atoms. The third kappa shape index (κ3) is 2.63. The number of halogens is 3. The Morgan fingerprint density at radius 1 is 1.43 bits per heavy atom. The minimum absolute atomic E-state index is 0.318. The molecule has 1 unspecified atom stereocenters. The lowest BCUT2D eigenvalue weighted by atomic mass is 9.95. The molecular weight excluding hydrogens is 189 g/mol. The van der Waals surface area contributed by atoms with Gasteiger partial charge in [-0.3, -0.25) is 0 Å².